The summed E-state index contributed by atoms with van der Waals surface area (Å²) in [6.45, 7) is 4.14. The van der Waals surface area contributed by atoms with Gasteiger partial charge in [0.05, 0.1) is 0 Å². The van der Waals surface area contributed by atoms with Gasteiger partial charge in [0.15, 0.2) is 5.58 Å². The van der Waals surface area contributed by atoms with Gasteiger partial charge in [0.25, 0.3) is 0 Å². The lowest BCUT2D eigenvalue weighted by Gasteiger charge is -1.96. The van der Waals surface area contributed by atoms with E-state index in [9.17, 15) is 0 Å². The van der Waals surface area contributed by atoms with Gasteiger partial charge in [-0.1, -0.05) is 11.6 Å². The van der Waals surface area contributed by atoms with Crippen molar-refractivity contribution >= 4 is 22.7 Å². The molecule has 0 spiro atoms. The minimum Gasteiger partial charge on any atom is -0.436 e. The lowest BCUT2D eigenvalue weighted by molar-refractivity contribution is 0.619. The summed E-state index contributed by atoms with van der Waals surface area (Å²) < 4.78 is 5.78. The summed E-state index contributed by atoms with van der Waals surface area (Å²) in [5.74, 6) is 0.631. The summed E-state index contributed by atoms with van der Waals surface area (Å²) >= 11 is 5.87. The second-order valence-electron chi connectivity index (χ2n) is 4.43. The zero-order chi connectivity index (χ0) is 12.7. The summed E-state index contributed by atoms with van der Waals surface area (Å²) in [5, 5.41) is 0.710. The molecule has 0 saturated heterocycles. The minimum atomic E-state index is 0.631. The van der Waals surface area contributed by atoms with Crippen LogP contribution in [0.1, 0.15) is 11.1 Å². The fourth-order valence-corrected chi connectivity index (χ4v) is 2.02. The Bertz CT molecular complexity index is 674. The average Bonchev–Trinajstić information content (AvgIpc) is 2.73. The smallest absolute Gasteiger partial charge is 0.227 e. The molecule has 18 heavy (non-hydrogen) atoms. The predicted molar refractivity (Wildman–Crippen MR) is 73.9 cm³/mol. The average molecular weight is 258 g/mol. The van der Waals surface area contributed by atoms with E-state index in [4.69, 9.17) is 16.0 Å². The van der Waals surface area contributed by atoms with E-state index < -0.39 is 0 Å². The zero-order valence-electron chi connectivity index (χ0n) is 10.2. The number of rotatable bonds is 1. The van der Waals surface area contributed by atoms with E-state index in [0.717, 1.165) is 16.7 Å². The number of halogens is 1. The molecule has 0 atom stereocenters. The first-order valence-corrected chi connectivity index (χ1v) is 6.15. The van der Waals surface area contributed by atoms with Crippen LogP contribution in [0.4, 0.5) is 0 Å². The number of aromatic nitrogens is 1. The van der Waals surface area contributed by atoms with Crippen molar-refractivity contribution in [2.24, 2.45) is 0 Å². The molecule has 2 aromatic carbocycles. The van der Waals surface area contributed by atoms with Crippen molar-refractivity contribution < 1.29 is 4.42 Å². The first-order chi connectivity index (χ1) is 8.63. The normalized spacial score (nSPS) is 11.1. The van der Waals surface area contributed by atoms with Crippen LogP contribution in [-0.4, -0.2) is 4.98 Å². The molecular weight excluding hydrogens is 246 g/mol. The van der Waals surface area contributed by atoms with Crippen LogP contribution in [0.25, 0.3) is 22.6 Å². The van der Waals surface area contributed by atoms with Crippen LogP contribution in [0.15, 0.2) is 40.8 Å². The molecule has 3 rings (SSSR count). The molecule has 0 saturated carbocycles. The number of nitrogens with zero attached hydrogens (tertiary/aromatic N) is 1. The van der Waals surface area contributed by atoms with Crippen LogP contribution in [0.5, 0.6) is 0 Å². The van der Waals surface area contributed by atoms with Crippen molar-refractivity contribution in [1.29, 1.82) is 0 Å². The first kappa shape index (κ1) is 11.3. The Balaban J connectivity index is 2.16. The third kappa shape index (κ3) is 1.89. The number of benzene rings is 2. The molecule has 0 aliphatic heterocycles. The Morgan fingerprint density at radius 2 is 1.67 bits per heavy atom. The predicted octanol–water partition coefficient (Wildman–Crippen LogP) is 4.77. The molecule has 0 amide bonds. The monoisotopic (exact) mass is 257 g/mol. The van der Waals surface area contributed by atoms with Gasteiger partial charge in [-0.05, 0) is 61.4 Å². The van der Waals surface area contributed by atoms with Crippen molar-refractivity contribution in [2.45, 2.75) is 13.8 Å². The van der Waals surface area contributed by atoms with E-state index in [-0.39, 0.29) is 0 Å². The molecule has 0 unspecified atom stereocenters. The Kier molecular flexibility index (Phi) is 2.60. The molecule has 3 heteroatoms. The second kappa shape index (κ2) is 4.14. The van der Waals surface area contributed by atoms with Gasteiger partial charge < -0.3 is 4.42 Å². The SMILES string of the molecule is Cc1cc2nc(-c3ccc(Cl)cc3)oc2cc1C. The fraction of sp³-hybridized carbons (Fsp3) is 0.133. The molecule has 1 heterocycles. The molecule has 0 aliphatic rings. The van der Waals surface area contributed by atoms with Gasteiger partial charge in [-0.25, -0.2) is 4.98 Å². The van der Waals surface area contributed by atoms with E-state index >= 15 is 0 Å². The molecule has 0 bridgehead atoms. The van der Waals surface area contributed by atoms with Crippen molar-refractivity contribution in [2.75, 3.05) is 0 Å². The van der Waals surface area contributed by atoms with Gasteiger partial charge in [-0.2, -0.15) is 0 Å². The lowest BCUT2D eigenvalue weighted by atomic mass is 10.1. The number of hydrogen-bond acceptors (Lipinski definition) is 2. The highest BCUT2D eigenvalue weighted by Gasteiger charge is 2.09. The van der Waals surface area contributed by atoms with E-state index in [1.54, 1.807) is 0 Å². The van der Waals surface area contributed by atoms with Crippen LogP contribution in [0.2, 0.25) is 5.02 Å². The van der Waals surface area contributed by atoms with Gasteiger partial charge in [-0.15, -0.1) is 0 Å². The van der Waals surface area contributed by atoms with E-state index in [1.807, 2.05) is 36.4 Å². The van der Waals surface area contributed by atoms with E-state index in [0.29, 0.717) is 10.9 Å². The number of aryl methyl sites for hydroxylation is 2. The van der Waals surface area contributed by atoms with Crippen molar-refractivity contribution in [3.63, 3.8) is 0 Å². The molecule has 1 aromatic heterocycles. The molecular formula is C15H12ClNO. The molecule has 0 radical (unpaired) electrons. The highest BCUT2D eigenvalue weighted by Crippen LogP contribution is 2.27. The molecule has 0 aliphatic carbocycles. The fourth-order valence-electron chi connectivity index (χ4n) is 1.90. The standard InChI is InChI=1S/C15H12ClNO/c1-9-7-13-14(8-10(9)2)18-15(17-13)11-3-5-12(16)6-4-11/h3-8H,1-2H3. The van der Waals surface area contributed by atoms with Crippen LogP contribution in [0, 0.1) is 13.8 Å². The van der Waals surface area contributed by atoms with Crippen molar-refractivity contribution in [3.8, 4) is 11.5 Å². The quantitative estimate of drug-likeness (QED) is 0.628. The van der Waals surface area contributed by atoms with Crippen LogP contribution < -0.4 is 0 Å². The number of hydrogen-bond donors (Lipinski definition) is 0. The molecule has 0 N–H and O–H groups in total. The van der Waals surface area contributed by atoms with Crippen LogP contribution in [-0.2, 0) is 0 Å². The van der Waals surface area contributed by atoms with Crippen LogP contribution in [0.3, 0.4) is 0 Å². The molecule has 90 valence electrons. The lowest BCUT2D eigenvalue weighted by Crippen LogP contribution is -1.79. The summed E-state index contributed by atoms with van der Waals surface area (Å²) in [4.78, 5) is 4.50. The van der Waals surface area contributed by atoms with Gasteiger partial charge in [0.2, 0.25) is 5.89 Å². The maximum absolute atomic E-state index is 5.87. The molecule has 2 nitrogen and oxygen atoms in total. The number of oxazole rings is 1. The van der Waals surface area contributed by atoms with Crippen molar-refractivity contribution in [3.05, 3.63) is 52.5 Å². The summed E-state index contributed by atoms with van der Waals surface area (Å²) in [6, 6.07) is 11.6. The second-order valence-corrected chi connectivity index (χ2v) is 4.87. The zero-order valence-corrected chi connectivity index (χ0v) is 11.0. The largest absolute Gasteiger partial charge is 0.436 e. The summed E-state index contributed by atoms with van der Waals surface area (Å²) in [7, 11) is 0. The minimum absolute atomic E-state index is 0.631. The Morgan fingerprint density at radius 3 is 2.39 bits per heavy atom. The van der Waals surface area contributed by atoms with Crippen LogP contribution >= 0.6 is 11.6 Å². The topological polar surface area (TPSA) is 26.0 Å². The van der Waals surface area contributed by atoms with E-state index in [1.165, 1.54) is 11.1 Å². The molecule has 3 aromatic rings. The van der Waals surface area contributed by atoms with Gasteiger partial charge in [0.1, 0.15) is 5.52 Å². The van der Waals surface area contributed by atoms with Gasteiger partial charge in [0, 0.05) is 10.6 Å². The van der Waals surface area contributed by atoms with E-state index in [2.05, 4.69) is 18.8 Å². The van der Waals surface area contributed by atoms with Gasteiger partial charge >= 0.3 is 0 Å². The Hall–Kier alpha value is -1.80. The van der Waals surface area contributed by atoms with Gasteiger partial charge in [-0.3, -0.25) is 0 Å². The third-order valence-corrected chi connectivity index (χ3v) is 3.35. The maximum Gasteiger partial charge on any atom is 0.227 e. The highest BCUT2D eigenvalue weighted by atomic mass is 35.5. The Labute approximate surface area is 110 Å². The summed E-state index contributed by atoms with van der Waals surface area (Å²) in [5.41, 5.74) is 5.08. The third-order valence-electron chi connectivity index (χ3n) is 3.10. The van der Waals surface area contributed by atoms with Crippen molar-refractivity contribution in [1.82, 2.24) is 4.98 Å². The summed E-state index contributed by atoms with van der Waals surface area (Å²) in [6.07, 6.45) is 0. The maximum atomic E-state index is 5.87. The highest BCUT2D eigenvalue weighted by molar-refractivity contribution is 6.30. The Morgan fingerprint density at radius 1 is 1.00 bits per heavy atom. The first-order valence-electron chi connectivity index (χ1n) is 5.77. The molecule has 0 fully saturated rings. The number of fused-ring (bicyclic) bond motifs is 1.